The van der Waals surface area contributed by atoms with E-state index in [1.165, 1.54) is 0 Å². The highest BCUT2D eigenvalue weighted by molar-refractivity contribution is 9.10. The van der Waals surface area contributed by atoms with Crippen LogP contribution in [0.4, 0.5) is 0 Å². The number of carbonyl (C=O) groups is 1. The van der Waals surface area contributed by atoms with Gasteiger partial charge in [0.25, 0.3) is 0 Å². The van der Waals surface area contributed by atoms with Crippen LogP contribution in [0.15, 0.2) is 63.5 Å². The summed E-state index contributed by atoms with van der Waals surface area (Å²) in [5.41, 5.74) is 1.67. The summed E-state index contributed by atoms with van der Waals surface area (Å²) in [7, 11) is 0. The zero-order valence-electron chi connectivity index (χ0n) is 14.9. The molecule has 4 rings (SSSR count). The second-order valence-electron chi connectivity index (χ2n) is 6.11. The molecular formula is C21H17BrO6. The Labute approximate surface area is 170 Å². The number of rotatable bonds is 6. The minimum atomic E-state index is -0.549. The summed E-state index contributed by atoms with van der Waals surface area (Å²) in [6, 6.07) is 16.4. The van der Waals surface area contributed by atoms with Gasteiger partial charge in [0.2, 0.25) is 5.76 Å². The first-order valence-electron chi connectivity index (χ1n) is 8.64. The quantitative estimate of drug-likeness (QED) is 0.506. The lowest BCUT2D eigenvalue weighted by Gasteiger charge is -2.21. The average molecular weight is 445 g/mol. The Kier molecular flexibility index (Phi) is 5.64. The van der Waals surface area contributed by atoms with Crippen LogP contribution in [0.25, 0.3) is 0 Å². The van der Waals surface area contributed by atoms with Crippen molar-refractivity contribution in [3.8, 4) is 11.5 Å². The van der Waals surface area contributed by atoms with Crippen LogP contribution in [0.3, 0.4) is 0 Å². The van der Waals surface area contributed by atoms with E-state index in [-0.39, 0.29) is 25.8 Å². The number of para-hydroxylation sites is 1. The zero-order chi connectivity index (χ0) is 19.3. The van der Waals surface area contributed by atoms with E-state index in [0.29, 0.717) is 18.1 Å². The number of hydrogen-bond donors (Lipinski definition) is 0. The lowest BCUT2D eigenvalue weighted by molar-refractivity contribution is -0.0181. The molecule has 0 radical (unpaired) electrons. The number of hydrogen-bond acceptors (Lipinski definition) is 6. The van der Waals surface area contributed by atoms with E-state index < -0.39 is 5.97 Å². The molecule has 6 nitrogen and oxygen atoms in total. The third-order valence-corrected chi connectivity index (χ3v) is 4.56. The van der Waals surface area contributed by atoms with Crippen molar-refractivity contribution in [2.75, 3.05) is 6.79 Å². The summed E-state index contributed by atoms with van der Waals surface area (Å²) in [4.78, 5) is 12.3. The molecule has 0 saturated heterocycles. The topological polar surface area (TPSA) is 67.1 Å². The molecule has 0 aliphatic carbocycles. The molecule has 0 atom stereocenters. The van der Waals surface area contributed by atoms with E-state index in [1.807, 2.05) is 42.5 Å². The molecule has 0 N–H and O–H groups in total. The van der Waals surface area contributed by atoms with Crippen LogP contribution in [0, 0.1) is 0 Å². The number of esters is 1. The highest BCUT2D eigenvalue weighted by Gasteiger charge is 2.19. The Bertz CT molecular complexity index is 966. The normalized spacial score (nSPS) is 12.8. The Morgan fingerprint density at radius 1 is 1.07 bits per heavy atom. The van der Waals surface area contributed by atoms with Crippen LogP contribution in [-0.4, -0.2) is 12.8 Å². The first-order valence-corrected chi connectivity index (χ1v) is 9.44. The molecule has 0 amide bonds. The fraction of sp³-hybridized carbons (Fsp3) is 0.190. The molecule has 28 heavy (non-hydrogen) atoms. The molecule has 0 bridgehead atoms. The third kappa shape index (κ3) is 4.37. The summed E-state index contributed by atoms with van der Waals surface area (Å²) >= 11 is 3.45. The summed E-state index contributed by atoms with van der Waals surface area (Å²) in [5.74, 6) is 1.53. The molecular weight excluding hydrogens is 428 g/mol. The third-order valence-electron chi connectivity index (χ3n) is 4.10. The average Bonchev–Trinajstić information content (AvgIpc) is 3.20. The first-order chi connectivity index (χ1) is 13.7. The standard InChI is InChI=1S/C21H17BrO6/c22-16-8-14-10-24-13-27-20(14)15(9-16)11-26-21(23)19-7-6-18(28-19)12-25-17-4-2-1-3-5-17/h1-9H,10-13H2. The number of furan rings is 1. The largest absolute Gasteiger partial charge is 0.486 e. The predicted octanol–water partition coefficient (Wildman–Crippen LogP) is 4.84. The van der Waals surface area contributed by atoms with Crippen LogP contribution in [0.2, 0.25) is 0 Å². The summed E-state index contributed by atoms with van der Waals surface area (Å²) in [5, 5.41) is 0. The van der Waals surface area contributed by atoms with Crippen molar-refractivity contribution in [1.82, 2.24) is 0 Å². The maximum atomic E-state index is 12.3. The molecule has 144 valence electrons. The van der Waals surface area contributed by atoms with Gasteiger partial charge in [0, 0.05) is 15.6 Å². The number of carbonyl (C=O) groups excluding carboxylic acids is 1. The number of halogens is 1. The number of ether oxygens (including phenoxy) is 4. The minimum absolute atomic E-state index is 0.0666. The number of benzene rings is 2. The van der Waals surface area contributed by atoms with E-state index in [0.717, 1.165) is 21.3 Å². The summed E-state index contributed by atoms with van der Waals surface area (Å²) in [6.45, 7) is 0.929. The molecule has 0 spiro atoms. The molecule has 2 aromatic carbocycles. The van der Waals surface area contributed by atoms with Crippen molar-refractivity contribution in [3.63, 3.8) is 0 Å². The van der Waals surface area contributed by atoms with E-state index in [2.05, 4.69) is 15.9 Å². The molecule has 2 heterocycles. The summed E-state index contributed by atoms with van der Waals surface area (Å²) < 4.78 is 28.2. The predicted molar refractivity (Wildman–Crippen MR) is 103 cm³/mol. The Hall–Kier alpha value is -2.77. The molecule has 0 unspecified atom stereocenters. The molecule has 1 aromatic heterocycles. The van der Waals surface area contributed by atoms with Crippen molar-refractivity contribution in [2.45, 2.75) is 19.8 Å². The smallest absolute Gasteiger partial charge is 0.374 e. The van der Waals surface area contributed by atoms with Crippen LogP contribution in [0.1, 0.15) is 27.4 Å². The van der Waals surface area contributed by atoms with Gasteiger partial charge < -0.3 is 23.4 Å². The maximum absolute atomic E-state index is 12.3. The van der Waals surface area contributed by atoms with Gasteiger partial charge in [-0.2, -0.15) is 0 Å². The second-order valence-corrected chi connectivity index (χ2v) is 7.02. The molecule has 3 aromatic rings. The molecule has 0 fully saturated rings. The van der Waals surface area contributed by atoms with Gasteiger partial charge in [0.1, 0.15) is 30.5 Å². The van der Waals surface area contributed by atoms with Gasteiger partial charge in [-0.25, -0.2) is 4.79 Å². The highest BCUT2D eigenvalue weighted by atomic mass is 79.9. The monoisotopic (exact) mass is 444 g/mol. The van der Waals surface area contributed by atoms with Crippen LogP contribution in [0.5, 0.6) is 11.5 Å². The van der Waals surface area contributed by atoms with E-state index in [9.17, 15) is 4.79 Å². The molecule has 7 heteroatoms. The Balaban J connectivity index is 1.37. The van der Waals surface area contributed by atoms with Gasteiger partial charge in [-0.15, -0.1) is 0 Å². The van der Waals surface area contributed by atoms with Gasteiger partial charge >= 0.3 is 5.97 Å². The van der Waals surface area contributed by atoms with Gasteiger partial charge in [-0.3, -0.25) is 0 Å². The minimum Gasteiger partial charge on any atom is -0.486 e. The van der Waals surface area contributed by atoms with Crippen LogP contribution >= 0.6 is 15.9 Å². The maximum Gasteiger partial charge on any atom is 0.374 e. The Morgan fingerprint density at radius 3 is 2.79 bits per heavy atom. The number of fused-ring (bicyclic) bond motifs is 1. The lowest BCUT2D eigenvalue weighted by atomic mass is 10.1. The fourth-order valence-electron chi connectivity index (χ4n) is 2.81. The molecule has 1 aliphatic heterocycles. The van der Waals surface area contributed by atoms with Crippen molar-refractivity contribution in [1.29, 1.82) is 0 Å². The van der Waals surface area contributed by atoms with Crippen molar-refractivity contribution < 1.29 is 28.2 Å². The van der Waals surface area contributed by atoms with E-state index in [1.54, 1.807) is 12.1 Å². The zero-order valence-corrected chi connectivity index (χ0v) is 16.4. The van der Waals surface area contributed by atoms with Gasteiger partial charge in [0.05, 0.1) is 6.61 Å². The van der Waals surface area contributed by atoms with Crippen molar-refractivity contribution >= 4 is 21.9 Å². The molecule has 0 saturated carbocycles. The van der Waals surface area contributed by atoms with Crippen LogP contribution in [-0.2, 0) is 29.3 Å². The van der Waals surface area contributed by atoms with Gasteiger partial charge in [0.15, 0.2) is 6.79 Å². The highest BCUT2D eigenvalue weighted by Crippen LogP contribution is 2.32. The van der Waals surface area contributed by atoms with Gasteiger partial charge in [-0.05, 0) is 36.4 Å². The lowest BCUT2D eigenvalue weighted by Crippen LogP contribution is -2.14. The first kappa shape index (κ1) is 18.6. The van der Waals surface area contributed by atoms with Crippen molar-refractivity contribution in [2.24, 2.45) is 0 Å². The van der Waals surface area contributed by atoms with Crippen LogP contribution < -0.4 is 9.47 Å². The van der Waals surface area contributed by atoms with E-state index in [4.69, 9.17) is 23.4 Å². The van der Waals surface area contributed by atoms with Crippen molar-refractivity contribution in [3.05, 3.63) is 81.7 Å². The summed E-state index contributed by atoms with van der Waals surface area (Å²) in [6.07, 6.45) is 0. The second kappa shape index (κ2) is 8.50. The fourth-order valence-corrected chi connectivity index (χ4v) is 3.37. The SMILES string of the molecule is O=C(OCc1cc(Br)cc2c1OCOC2)c1ccc(COc2ccccc2)o1. The molecule has 1 aliphatic rings. The van der Waals surface area contributed by atoms with Gasteiger partial charge in [-0.1, -0.05) is 34.1 Å². The van der Waals surface area contributed by atoms with E-state index >= 15 is 0 Å². The Morgan fingerprint density at radius 2 is 1.93 bits per heavy atom.